The minimum Gasteiger partial charge on any atom is -0.489 e. The van der Waals surface area contributed by atoms with E-state index in [1.54, 1.807) is 0 Å². The van der Waals surface area contributed by atoms with E-state index in [1.165, 1.54) is 16.5 Å². The molecule has 0 saturated carbocycles. The van der Waals surface area contributed by atoms with Crippen molar-refractivity contribution < 1.29 is 4.74 Å². The van der Waals surface area contributed by atoms with Crippen LogP contribution in [-0.2, 0) is 0 Å². The summed E-state index contributed by atoms with van der Waals surface area (Å²) >= 11 is 0. The zero-order chi connectivity index (χ0) is 13.2. The second kappa shape index (κ2) is 5.10. The van der Waals surface area contributed by atoms with Crippen LogP contribution in [-0.4, -0.2) is 33.3 Å². The summed E-state index contributed by atoms with van der Waals surface area (Å²) in [5.74, 6) is 1.00. The van der Waals surface area contributed by atoms with Crippen LogP contribution in [0.25, 0.3) is 10.8 Å². The molecule has 1 heterocycles. The van der Waals surface area contributed by atoms with Crippen molar-refractivity contribution in [3.8, 4) is 5.75 Å². The normalized spacial score (nSPS) is 18.2. The number of anilines is 1. The SMILES string of the molecule is CNCCC1COc2ccc3ccccc3c2N1C. The Morgan fingerprint density at radius 1 is 1.26 bits per heavy atom. The van der Waals surface area contributed by atoms with Crippen molar-refractivity contribution in [2.24, 2.45) is 0 Å². The monoisotopic (exact) mass is 256 g/mol. The lowest BCUT2D eigenvalue weighted by Crippen LogP contribution is -2.42. The van der Waals surface area contributed by atoms with Gasteiger partial charge in [-0.05, 0) is 31.5 Å². The average molecular weight is 256 g/mol. The number of ether oxygens (including phenoxy) is 1. The van der Waals surface area contributed by atoms with E-state index in [-0.39, 0.29) is 0 Å². The number of rotatable bonds is 3. The molecule has 0 aliphatic carbocycles. The molecule has 3 heteroatoms. The van der Waals surface area contributed by atoms with Gasteiger partial charge in [0.25, 0.3) is 0 Å². The van der Waals surface area contributed by atoms with Crippen LogP contribution in [0.5, 0.6) is 5.75 Å². The highest BCUT2D eigenvalue weighted by molar-refractivity contribution is 5.97. The lowest BCUT2D eigenvalue weighted by molar-refractivity contribution is 0.260. The molecule has 2 aromatic carbocycles. The van der Waals surface area contributed by atoms with E-state index in [4.69, 9.17) is 4.74 Å². The lowest BCUT2D eigenvalue weighted by Gasteiger charge is -2.36. The molecule has 3 nitrogen and oxygen atoms in total. The molecule has 0 radical (unpaired) electrons. The van der Waals surface area contributed by atoms with Crippen LogP contribution in [0.15, 0.2) is 36.4 Å². The molecular weight excluding hydrogens is 236 g/mol. The zero-order valence-corrected chi connectivity index (χ0v) is 11.5. The highest BCUT2D eigenvalue weighted by atomic mass is 16.5. The van der Waals surface area contributed by atoms with Crippen LogP contribution in [0.2, 0.25) is 0 Å². The number of hydrogen-bond acceptors (Lipinski definition) is 3. The van der Waals surface area contributed by atoms with Crippen LogP contribution in [0.3, 0.4) is 0 Å². The van der Waals surface area contributed by atoms with Crippen LogP contribution in [0.4, 0.5) is 5.69 Å². The minimum absolute atomic E-state index is 0.436. The molecule has 0 bridgehead atoms. The minimum atomic E-state index is 0.436. The molecule has 1 atom stereocenters. The Morgan fingerprint density at radius 2 is 2.11 bits per heavy atom. The Kier molecular flexibility index (Phi) is 3.30. The summed E-state index contributed by atoms with van der Waals surface area (Å²) in [4.78, 5) is 2.37. The Balaban J connectivity index is 2.03. The molecule has 1 N–H and O–H groups in total. The number of likely N-dealkylation sites (N-methyl/N-ethyl adjacent to an activating group) is 1. The summed E-state index contributed by atoms with van der Waals surface area (Å²) in [7, 11) is 4.17. The van der Waals surface area contributed by atoms with Gasteiger partial charge in [-0.2, -0.15) is 0 Å². The van der Waals surface area contributed by atoms with E-state index in [9.17, 15) is 0 Å². The first-order chi connectivity index (χ1) is 9.31. The predicted octanol–water partition coefficient (Wildman–Crippen LogP) is 2.65. The fourth-order valence-electron chi connectivity index (χ4n) is 2.78. The summed E-state index contributed by atoms with van der Waals surface area (Å²) in [6.07, 6.45) is 1.09. The highest BCUT2D eigenvalue weighted by Crippen LogP contribution is 2.39. The fourth-order valence-corrected chi connectivity index (χ4v) is 2.78. The second-order valence-electron chi connectivity index (χ2n) is 5.10. The molecule has 1 aliphatic heterocycles. The number of benzene rings is 2. The molecule has 1 aliphatic rings. The number of fused-ring (bicyclic) bond motifs is 3. The molecular formula is C16H20N2O. The van der Waals surface area contributed by atoms with Crippen LogP contribution in [0.1, 0.15) is 6.42 Å². The van der Waals surface area contributed by atoms with Gasteiger partial charge in [0.1, 0.15) is 12.4 Å². The molecule has 0 spiro atoms. The van der Waals surface area contributed by atoms with Gasteiger partial charge in [-0.3, -0.25) is 0 Å². The van der Waals surface area contributed by atoms with E-state index in [2.05, 4.69) is 53.7 Å². The average Bonchev–Trinajstić information content (AvgIpc) is 2.46. The molecule has 3 rings (SSSR count). The molecule has 0 aromatic heterocycles. The maximum absolute atomic E-state index is 5.94. The first-order valence-electron chi connectivity index (χ1n) is 6.83. The number of hydrogen-bond donors (Lipinski definition) is 1. The van der Waals surface area contributed by atoms with Crippen molar-refractivity contribution in [1.82, 2.24) is 5.32 Å². The Labute approximate surface area is 114 Å². The van der Waals surface area contributed by atoms with E-state index in [0.717, 1.165) is 25.3 Å². The number of nitrogens with zero attached hydrogens (tertiary/aromatic N) is 1. The topological polar surface area (TPSA) is 24.5 Å². The summed E-state index contributed by atoms with van der Waals surface area (Å²) in [5, 5.41) is 5.76. The van der Waals surface area contributed by atoms with Crippen molar-refractivity contribution in [2.45, 2.75) is 12.5 Å². The highest BCUT2D eigenvalue weighted by Gasteiger charge is 2.25. The van der Waals surface area contributed by atoms with Crippen molar-refractivity contribution in [3.05, 3.63) is 36.4 Å². The maximum Gasteiger partial charge on any atom is 0.143 e. The van der Waals surface area contributed by atoms with E-state index < -0.39 is 0 Å². The van der Waals surface area contributed by atoms with Crippen LogP contribution in [0, 0.1) is 0 Å². The largest absolute Gasteiger partial charge is 0.489 e. The zero-order valence-electron chi connectivity index (χ0n) is 11.5. The summed E-state index contributed by atoms with van der Waals surface area (Å²) in [6, 6.07) is 13.2. The van der Waals surface area contributed by atoms with Crippen LogP contribution < -0.4 is 15.0 Å². The van der Waals surface area contributed by atoms with E-state index in [1.807, 2.05) is 7.05 Å². The molecule has 2 aromatic rings. The van der Waals surface area contributed by atoms with Gasteiger partial charge in [-0.25, -0.2) is 0 Å². The smallest absolute Gasteiger partial charge is 0.143 e. The first-order valence-corrected chi connectivity index (χ1v) is 6.83. The first kappa shape index (κ1) is 12.3. The van der Waals surface area contributed by atoms with Crippen LogP contribution >= 0.6 is 0 Å². The van der Waals surface area contributed by atoms with Gasteiger partial charge < -0.3 is 15.0 Å². The Morgan fingerprint density at radius 3 is 2.95 bits per heavy atom. The Hall–Kier alpha value is -1.74. The quantitative estimate of drug-likeness (QED) is 0.913. The summed E-state index contributed by atoms with van der Waals surface area (Å²) in [6.45, 7) is 1.78. The van der Waals surface area contributed by atoms with Crippen molar-refractivity contribution in [2.75, 3.05) is 32.1 Å². The van der Waals surface area contributed by atoms with Gasteiger partial charge in [-0.15, -0.1) is 0 Å². The summed E-state index contributed by atoms with van der Waals surface area (Å²) in [5.41, 5.74) is 1.23. The van der Waals surface area contributed by atoms with Gasteiger partial charge >= 0.3 is 0 Å². The standard InChI is InChI=1S/C16H20N2O/c1-17-10-9-13-11-19-15-8-7-12-5-3-4-6-14(12)16(15)18(13)2/h3-8,13,17H,9-11H2,1-2H3. The molecule has 0 saturated heterocycles. The van der Waals surface area contributed by atoms with Crippen molar-refractivity contribution in [1.29, 1.82) is 0 Å². The third-order valence-corrected chi connectivity index (χ3v) is 3.92. The predicted molar refractivity (Wildman–Crippen MR) is 80.2 cm³/mol. The van der Waals surface area contributed by atoms with Gasteiger partial charge in [0.05, 0.1) is 11.7 Å². The molecule has 19 heavy (non-hydrogen) atoms. The second-order valence-corrected chi connectivity index (χ2v) is 5.10. The van der Waals surface area contributed by atoms with Gasteiger partial charge in [0.2, 0.25) is 0 Å². The third-order valence-electron chi connectivity index (χ3n) is 3.92. The van der Waals surface area contributed by atoms with Gasteiger partial charge in [-0.1, -0.05) is 30.3 Å². The molecule has 100 valence electrons. The van der Waals surface area contributed by atoms with Gasteiger partial charge in [0, 0.05) is 12.4 Å². The van der Waals surface area contributed by atoms with Crippen molar-refractivity contribution >= 4 is 16.5 Å². The van der Waals surface area contributed by atoms with E-state index in [0.29, 0.717) is 6.04 Å². The Bertz CT molecular complexity index is 582. The van der Waals surface area contributed by atoms with Crippen molar-refractivity contribution in [3.63, 3.8) is 0 Å². The fraction of sp³-hybridized carbons (Fsp3) is 0.375. The lowest BCUT2D eigenvalue weighted by atomic mass is 10.0. The maximum atomic E-state index is 5.94. The molecule has 0 amide bonds. The van der Waals surface area contributed by atoms with E-state index >= 15 is 0 Å². The van der Waals surface area contributed by atoms with Gasteiger partial charge in [0.15, 0.2) is 0 Å². The number of nitrogens with one attached hydrogen (secondary N) is 1. The molecule has 1 unspecified atom stereocenters. The molecule has 0 fully saturated rings. The third kappa shape index (κ3) is 2.15. The summed E-state index contributed by atoms with van der Waals surface area (Å²) < 4.78 is 5.94.